The first-order valence-corrected chi connectivity index (χ1v) is 6.62. The first-order chi connectivity index (χ1) is 9.67. The topological polar surface area (TPSA) is 54.9 Å². The number of carbonyl (C=O) groups excluding carboxylic acids is 1. The molecule has 2 heterocycles. The number of rotatable bonds is 2. The minimum absolute atomic E-state index is 0.136. The molecule has 3 rings (SSSR count). The Balaban J connectivity index is 2.21. The molecule has 0 saturated heterocycles. The van der Waals surface area contributed by atoms with E-state index in [1.54, 1.807) is 12.3 Å². The Morgan fingerprint density at radius 2 is 2.25 bits per heavy atom. The summed E-state index contributed by atoms with van der Waals surface area (Å²) < 4.78 is 13.5. The third kappa shape index (κ3) is 2.27. The maximum Gasteiger partial charge on any atom is 0.228 e. The van der Waals surface area contributed by atoms with Gasteiger partial charge in [-0.3, -0.25) is 4.79 Å². The first kappa shape index (κ1) is 12.7. The number of anilines is 1. The Morgan fingerprint density at radius 1 is 1.40 bits per heavy atom. The summed E-state index contributed by atoms with van der Waals surface area (Å²) in [5.41, 5.74) is 2.59. The van der Waals surface area contributed by atoms with Gasteiger partial charge in [0.05, 0.1) is 17.8 Å². The van der Waals surface area contributed by atoms with Crippen molar-refractivity contribution in [1.82, 2.24) is 9.97 Å². The SMILES string of the molecule is CCCc1ncc2c(n1)-c1cc(F)ccc1NC(=O)C2. The van der Waals surface area contributed by atoms with Gasteiger partial charge < -0.3 is 5.32 Å². The zero-order valence-corrected chi connectivity index (χ0v) is 11.1. The minimum atomic E-state index is -0.346. The summed E-state index contributed by atoms with van der Waals surface area (Å²) in [6, 6.07) is 4.31. The number of carbonyl (C=O) groups is 1. The molecule has 1 N–H and O–H groups in total. The van der Waals surface area contributed by atoms with Crippen molar-refractivity contribution in [2.75, 3.05) is 5.32 Å². The predicted octanol–water partition coefficient (Wildman–Crippen LogP) is 2.73. The van der Waals surface area contributed by atoms with Gasteiger partial charge in [-0.15, -0.1) is 0 Å². The number of hydrogen-bond donors (Lipinski definition) is 1. The molecule has 1 aromatic carbocycles. The molecule has 0 atom stereocenters. The van der Waals surface area contributed by atoms with Crippen molar-refractivity contribution in [1.29, 1.82) is 0 Å². The second-order valence-corrected chi connectivity index (χ2v) is 4.82. The monoisotopic (exact) mass is 271 g/mol. The summed E-state index contributed by atoms with van der Waals surface area (Å²) in [4.78, 5) is 20.6. The highest BCUT2D eigenvalue weighted by molar-refractivity contribution is 5.99. The van der Waals surface area contributed by atoms with Crippen molar-refractivity contribution in [2.24, 2.45) is 0 Å². The normalized spacial score (nSPS) is 13.2. The van der Waals surface area contributed by atoms with Gasteiger partial charge in [-0.1, -0.05) is 6.92 Å². The lowest BCUT2D eigenvalue weighted by Gasteiger charge is -2.09. The largest absolute Gasteiger partial charge is 0.325 e. The molecule has 0 aliphatic carbocycles. The molecule has 5 heteroatoms. The van der Waals surface area contributed by atoms with Gasteiger partial charge in [0, 0.05) is 23.7 Å². The highest BCUT2D eigenvalue weighted by Gasteiger charge is 2.21. The van der Waals surface area contributed by atoms with Crippen LogP contribution in [-0.2, 0) is 17.6 Å². The summed E-state index contributed by atoms with van der Waals surface area (Å²) in [6.07, 6.45) is 3.58. The van der Waals surface area contributed by atoms with Crippen LogP contribution in [0.2, 0.25) is 0 Å². The van der Waals surface area contributed by atoms with Crippen LogP contribution in [0.15, 0.2) is 24.4 Å². The van der Waals surface area contributed by atoms with E-state index in [2.05, 4.69) is 15.3 Å². The smallest absolute Gasteiger partial charge is 0.228 e. The fourth-order valence-corrected chi connectivity index (χ4v) is 2.34. The van der Waals surface area contributed by atoms with Gasteiger partial charge in [-0.25, -0.2) is 14.4 Å². The second kappa shape index (κ2) is 5.00. The van der Waals surface area contributed by atoms with Gasteiger partial charge in [-0.05, 0) is 24.6 Å². The van der Waals surface area contributed by atoms with E-state index in [4.69, 9.17) is 0 Å². The molecule has 1 amide bonds. The fourth-order valence-electron chi connectivity index (χ4n) is 2.34. The molecule has 0 unspecified atom stereocenters. The van der Waals surface area contributed by atoms with E-state index in [-0.39, 0.29) is 18.1 Å². The van der Waals surface area contributed by atoms with E-state index < -0.39 is 0 Å². The molecule has 0 saturated carbocycles. The number of hydrogen-bond acceptors (Lipinski definition) is 3. The molecule has 1 aliphatic rings. The fraction of sp³-hybridized carbons (Fsp3) is 0.267. The molecule has 0 bridgehead atoms. The number of aromatic nitrogens is 2. The number of fused-ring (bicyclic) bond motifs is 3. The predicted molar refractivity (Wildman–Crippen MR) is 73.8 cm³/mol. The Kier molecular flexibility index (Phi) is 3.18. The van der Waals surface area contributed by atoms with Crippen LogP contribution in [0.25, 0.3) is 11.3 Å². The summed E-state index contributed by atoms with van der Waals surface area (Å²) in [7, 11) is 0. The average molecular weight is 271 g/mol. The maximum absolute atomic E-state index is 13.5. The van der Waals surface area contributed by atoms with Crippen LogP contribution in [0.1, 0.15) is 24.7 Å². The molecular weight excluding hydrogens is 257 g/mol. The molecule has 4 nitrogen and oxygen atoms in total. The first-order valence-electron chi connectivity index (χ1n) is 6.62. The number of nitrogens with zero attached hydrogens (tertiary/aromatic N) is 2. The summed E-state index contributed by atoms with van der Waals surface area (Å²) in [5, 5.41) is 2.77. The van der Waals surface area contributed by atoms with Gasteiger partial charge in [0.2, 0.25) is 5.91 Å². The molecule has 1 aliphatic heterocycles. The minimum Gasteiger partial charge on any atom is -0.325 e. The highest BCUT2D eigenvalue weighted by Crippen LogP contribution is 2.32. The van der Waals surface area contributed by atoms with E-state index in [0.29, 0.717) is 16.9 Å². The molecule has 0 spiro atoms. The Hall–Kier alpha value is -2.30. The van der Waals surface area contributed by atoms with E-state index >= 15 is 0 Å². The average Bonchev–Trinajstić information content (AvgIpc) is 2.55. The van der Waals surface area contributed by atoms with Crippen molar-refractivity contribution in [3.05, 3.63) is 41.6 Å². The molecule has 0 radical (unpaired) electrons. The Bertz CT molecular complexity index is 685. The van der Waals surface area contributed by atoms with Crippen molar-refractivity contribution in [3.8, 4) is 11.3 Å². The van der Waals surface area contributed by atoms with Crippen molar-refractivity contribution >= 4 is 11.6 Å². The van der Waals surface area contributed by atoms with Gasteiger partial charge >= 0.3 is 0 Å². The number of halogens is 1. The van der Waals surface area contributed by atoms with Crippen LogP contribution in [0.5, 0.6) is 0 Å². The van der Waals surface area contributed by atoms with Crippen molar-refractivity contribution in [3.63, 3.8) is 0 Å². The number of amides is 1. The maximum atomic E-state index is 13.5. The van der Waals surface area contributed by atoms with E-state index in [1.807, 2.05) is 6.92 Å². The molecule has 1 aromatic heterocycles. The molecule has 20 heavy (non-hydrogen) atoms. The third-order valence-corrected chi connectivity index (χ3v) is 3.25. The lowest BCUT2D eigenvalue weighted by Crippen LogP contribution is -2.12. The Morgan fingerprint density at radius 3 is 3.05 bits per heavy atom. The molecular formula is C15H14FN3O. The lowest BCUT2D eigenvalue weighted by molar-refractivity contribution is -0.115. The highest BCUT2D eigenvalue weighted by atomic mass is 19.1. The van der Waals surface area contributed by atoms with Crippen LogP contribution < -0.4 is 5.32 Å². The van der Waals surface area contributed by atoms with Gasteiger partial charge in [0.15, 0.2) is 0 Å². The molecule has 0 fully saturated rings. The van der Waals surface area contributed by atoms with Gasteiger partial charge in [0.1, 0.15) is 11.6 Å². The number of benzene rings is 1. The number of nitrogens with one attached hydrogen (secondary N) is 1. The summed E-state index contributed by atoms with van der Waals surface area (Å²) in [5.74, 6) is 0.237. The zero-order valence-electron chi connectivity index (χ0n) is 11.1. The molecule has 2 aromatic rings. The van der Waals surface area contributed by atoms with Crippen molar-refractivity contribution in [2.45, 2.75) is 26.2 Å². The van der Waals surface area contributed by atoms with Crippen LogP contribution >= 0.6 is 0 Å². The van der Waals surface area contributed by atoms with E-state index in [9.17, 15) is 9.18 Å². The van der Waals surface area contributed by atoms with E-state index in [0.717, 1.165) is 24.2 Å². The van der Waals surface area contributed by atoms with Gasteiger partial charge in [0.25, 0.3) is 0 Å². The van der Waals surface area contributed by atoms with Crippen LogP contribution in [-0.4, -0.2) is 15.9 Å². The van der Waals surface area contributed by atoms with E-state index in [1.165, 1.54) is 12.1 Å². The standard InChI is InChI=1S/C15H14FN3O/c1-2-3-13-17-8-9-6-14(20)18-12-5-4-10(16)7-11(12)15(9)19-13/h4-5,7-8H,2-3,6H2,1H3,(H,18,20). The zero-order chi connectivity index (χ0) is 14.1. The number of aryl methyl sites for hydroxylation is 1. The summed E-state index contributed by atoms with van der Waals surface area (Å²) >= 11 is 0. The quantitative estimate of drug-likeness (QED) is 0.913. The van der Waals surface area contributed by atoms with Crippen LogP contribution in [0, 0.1) is 5.82 Å². The van der Waals surface area contributed by atoms with Crippen LogP contribution in [0.3, 0.4) is 0 Å². The summed E-state index contributed by atoms with van der Waals surface area (Å²) in [6.45, 7) is 2.05. The third-order valence-electron chi connectivity index (χ3n) is 3.25. The van der Waals surface area contributed by atoms with Gasteiger partial charge in [-0.2, -0.15) is 0 Å². The second-order valence-electron chi connectivity index (χ2n) is 4.82. The van der Waals surface area contributed by atoms with Crippen molar-refractivity contribution < 1.29 is 9.18 Å². The molecule has 102 valence electrons. The van der Waals surface area contributed by atoms with Crippen LogP contribution in [0.4, 0.5) is 10.1 Å². The lowest BCUT2D eigenvalue weighted by atomic mass is 10.0. The Labute approximate surface area is 116 Å².